The molecule has 0 spiro atoms. The van der Waals surface area contributed by atoms with Gasteiger partial charge < -0.3 is 4.90 Å². The zero-order valence-electron chi connectivity index (χ0n) is 14.3. The van der Waals surface area contributed by atoms with E-state index in [1.165, 1.54) is 0 Å². The van der Waals surface area contributed by atoms with E-state index in [0.717, 1.165) is 42.7 Å². The molecule has 2 heterocycles. The van der Waals surface area contributed by atoms with Crippen LogP contribution in [0, 0.1) is 11.8 Å². The van der Waals surface area contributed by atoms with Gasteiger partial charge in [0.1, 0.15) is 0 Å². The third-order valence-electron chi connectivity index (χ3n) is 4.90. The summed E-state index contributed by atoms with van der Waals surface area (Å²) in [5.41, 5.74) is 2.19. The highest BCUT2D eigenvalue weighted by atomic mass is 16.2. The Morgan fingerprint density at radius 3 is 2.38 bits per heavy atom. The van der Waals surface area contributed by atoms with E-state index >= 15 is 0 Å². The fourth-order valence-corrected chi connectivity index (χ4v) is 3.40. The van der Waals surface area contributed by atoms with Crippen molar-refractivity contribution in [2.75, 3.05) is 0 Å². The Balaban J connectivity index is 1.74. The predicted octanol–water partition coefficient (Wildman–Crippen LogP) is 3.83. The summed E-state index contributed by atoms with van der Waals surface area (Å²) in [7, 11) is 0. The Labute approximate surface area is 143 Å². The first kappa shape index (κ1) is 16.6. The Morgan fingerprint density at radius 1 is 1.00 bits per heavy atom. The first-order valence-corrected chi connectivity index (χ1v) is 8.79. The number of amides is 1. The van der Waals surface area contributed by atoms with E-state index in [9.17, 15) is 4.79 Å². The smallest absolute Gasteiger partial charge is 0.226 e. The highest BCUT2D eigenvalue weighted by Crippen LogP contribution is 2.30. The van der Waals surface area contributed by atoms with Gasteiger partial charge >= 0.3 is 0 Å². The topological polar surface area (TPSA) is 46.1 Å². The molecule has 24 heavy (non-hydrogen) atoms. The molecule has 2 aromatic rings. The molecule has 4 nitrogen and oxygen atoms in total. The Hall–Kier alpha value is -2.23. The molecule has 126 valence electrons. The molecule has 0 aliphatic heterocycles. The number of aromatic nitrogens is 2. The van der Waals surface area contributed by atoms with E-state index in [0.29, 0.717) is 13.1 Å². The summed E-state index contributed by atoms with van der Waals surface area (Å²) in [6.45, 7) is 3.52. The number of carbonyl (C=O) groups is 1. The van der Waals surface area contributed by atoms with Crippen LogP contribution in [0.3, 0.4) is 0 Å². The molecule has 0 atom stereocenters. The van der Waals surface area contributed by atoms with Gasteiger partial charge in [0.05, 0.1) is 0 Å². The average molecular weight is 323 g/mol. The van der Waals surface area contributed by atoms with Crippen molar-refractivity contribution in [3.8, 4) is 0 Å². The van der Waals surface area contributed by atoms with Crippen LogP contribution in [0.1, 0.15) is 43.7 Å². The molecule has 4 heteroatoms. The number of hydrogen-bond acceptors (Lipinski definition) is 3. The van der Waals surface area contributed by atoms with Gasteiger partial charge in [-0.05, 0) is 60.9 Å². The molecule has 0 unspecified atom stereocenters. The molecular formula is C20H25N3O. The lowest BCUT2D eigenvalue weighted by atomic mass is 9.82. The van der Waals surface area contributed by atoms with Crippen LogP contribution in [0.15, 0.2) is 49.1 Å². The Kier molecular flexibility index (Phi) is 5.57. The van der Waals surface area contributed by atoms with Crippen molar-refractivity contribution in [2.24, 2.45) is 11.8 Å². The Bertz CT molecular complexity index is 595. The van der Waals surface area contributed by atoms with Crippen molar-refractivity contribution >= 4 is 5.91 Å². The number of nitrogens with zero attached hydrogens (tertiary/aromatic N) is 3. The lowest BCUT2D eigenvalue weighted by Crippen LogP contribution is -2.36. The van der Waals surface area contributed by atoms with Crippen LogP contribution in [-0.4, -0.2) is 20.8 Å². The second kappa shape index (κ2) is 8.04. The van der Waals surface area contributed by atoms with Gasteiger partial charge in [-0.15, -0.1) is 0 Å². The van der Waals surface area contributed by atoms with Crippen LogP contribution in [0.4, 0.5) is 0 Å². The summed E-state index contributed by atoms with van der Waals surface area (Å²) in [6.07, 6.45) is 11.5. The minimum absolute atomic E-state index is 0.166. The van der Waals surface area contributed by atoms with E-state index in [4.69, 9.17) is 0 Å². The first-order chi connectivity index (χ1) is 11.7. The van der Waals surface area contributed by atoms with Crippen molar-refractivity contribution < 1.29 is 4.79 Å². The van der Waals surface area contributed by atoms with Gasteiger partial charge in [0.25, 0.3) is 0 Å². The van der Waals surface area contributed by atoms with Crippen molar-refractivity contribution in [2.45, 2.75) is 45.7 Å². The fraction of sp³-hybridized carbons (Fsp3) is 0.450. The van der Waals surface area contributed by atoms with Crippen LogP contribution in [-0.2, 0) is 17.9 Å². The molecule has 0 radical (unpaired) electrons. The lowest BCUT2D eigenvalue weighted by Gasteiger charge is -2.31. The maximum absolute atomic E-state index is 13.1. The highest BCUT2D eigenvalue weighted by Gasteiger charge is 2.28. The van der Waals surface area contributed by atoms with Crippen LogP contribution in [0.2, 0.25) is 0 Å². The summed E-state index contributed by atoms with van der Waals surface area (Å²) in [5, 5.41) is 0. The summed E-state index contributed by atoms with van der Waals surface area (Å²) >= 11 is 0. The number of carbonyl (C=O) groups excluding carboxylic acids is 1. The first-order valence-electron chi connectivity index (χ1n) is 8.79. The van der Waals surface area contributed by atoms with Gasteiger partial charge in [-0.3, -0.25) is 14.8 Å². The Morgan fingerprint density at radius 2 is 1.71 bits per heavy atom. The van der Waals surface area contributed by atoms with Crippen molar-refractivity contribution in [3.63, 3.8) is 0 Å². The number of pyridine rings is 2. The van der Waals surface area contributed by atoms with Gasteiger partial charge in [0.2, 0.25) is 5.91 Å². The van der Waals surface area contributed by atoms with Gasteiger partial charge in [0.15, 0.2) is 0 Å². The van der Waals surface area contributed by atoms with E-state index in [1.807, 2.05) is 35.4 Å². The molecular weight excluding hydrogens is 298 g/mol. The summed E-state index contributed by atoms with van der Waals surface area (Å²) in [6, 6.07) is 7.91. The molecule has 2 aromatic heterocycles. The minimum atomic E-state index is 0.166. The van der Waals surface area contributed by atoms with Crippen molar-refractivity contribution in [1.29, 1.82) is 0 Å². The van der Waals surface area contributed by atoms with Crippen LogP contribution < -0.4 is 0 Å². The fourth-order valence-electron chi connectivity index (χ4n) is 3.40. The molecule has 0 saturated heterocycles. The zero-order chi connectivity index (χ0) is 16.8. The van der Waals surface area contributed by atoms with E-state index in [-0.39, 0.29) is 11.8 Å². The summed E-state index contributed by atoms with van der Waals surface area (Å²) in [4.78, 5) is 23.3. The molecule has 0 bridgehead atoms. The van der Waals surface area contributed by atoms with Gasteiger partial charge in [-0.25, -0.2) is 0 Å². The molecule has 0 N–H and O–H groups in total. The molecule has 1 fully saturated rings. The SMILES string of the molecule is CC1CCC(C(=O)N(Cc2ccncc2)Cc2cccnc2)CC1. The third-order valence-corrected chi connectivity index (χ3v) is 4.90. The maximum atomic E-state index is 13.1. The minimum Gasteiger partial charge on any atom is -0.334 e. The lowest BCUT2D eigenvalue weighted by molar-refractivity contribution is -0.138. The number of rotatable bonds is 5. The quantitative estimate of drug-likeness (QED) is 0.840. The van der Waals surface area contributed by atoms with Crippen molar-refractivity contribution in [3.05, 3.63) is 60.2 Å². The molecule has 1 saturated carbocycles. The second-order valence-corrected chi connectivity index (χ2v) is 6.87. The zero-order valence-corrected chi connectivity index (χ0v) is 14.3. The van der Waals surface area contributed by atoms with Crippen LogP contribution in [0.5, 0.6) is 0 Å². The van der Waals surface area contributed by atoms with Crippen molar-refractivity contribution in [1.82, 2.24) is 14.9 Å². The van der Waals surface area contributed by atoms with E-state index in [1.54, 1.807) is 18.6 Å². The molecule has 0 aromatic carbocycles. The predicted molar refractivity (Wildman–Crippen MR) is 93.9 cm³/mol. The van der Waals surface area contributed by atoms with Gasteiger partial charge in [0, 0.05) is 43.8 Å². The largest absolute Gasteiger partial charge is 0.334 e. The standard InChI is InChI=1S/C20H25N3O/c1-16-4-6-19(7-5-16)20(24)23(14-17-8-11-21-12-9-17)15-18-3-2-10-22-13-18/h2-3,8-13,16,19H,4-7,14-15H2,1H3. The van der Waals surface area contributed by atoms with Gasteiger partial charge in [-0.1, -0.05) is 13.0 Å². The van der Waals surface area contributed by atoms with Gasteiger partial charge in [-0.2, -0.15) is 0 Å². The number of hydrogen-bond donors (Lipinski definition) is 0. The molecule has 1 amide bonds. The average Bonchev–Trinajstić information content (AvgIpc) is 2.63. The van der Waals surface area contributed by atoms with Crippen LogP contribution in [0.25, 0.3) is 0 Å². The normalized spacial score (nSPS) is 20.5. The van der Waals surface area contributed by atoms with Crippen LogP contribution >= 0.6 is 0 Å². The molecule has 1 aliphatic carbocycles. The molecule has 1 aliphatic rings. The monoisotopic (exact) mass is 323 g/mol. The molecule has 3 rings (SSSR count). The summed E-state index contributed by atoms with van der Waals surface area (Å²) < 4.78 is 0. The van der Waals surface area contributed by atoms with E-state index < -0.39 is 0 Å². The summed E-state index contributed by atoms with van der Waals surface area (Å²) in [5.74, 6) is 1.20. The highest BCUT2D eigenvalue weighted by molar-refractivity contribution is 5.79. The maximum Gasteiger partial charge on any atom is 0.226 e. The second-order valence-electron chi connectivity index (χ2n) is 6.87. The third kappa shape index (κ3) is 4.40. The van der Waals surface area contributed by atoms with E-state index in [2.05, 4.69) is 16.9 Å².